The molecule has 0 radical (unpaired) electrons. The van der Waals surface area contributed by atoms with E-state index >= 15 is 0 Å². The molecule has 13 heavy (non-hydrogen) atoms. The summed E-state index contributed by atoms with van der Waals surface area (Å²) >= 11 is 0.981. The first-order chi connectivity index (χ1) is 5.75. The van der Waals surface area contributed by atoms with E-state index in [0.29, 0.717) is 12.2 Å². The van der Waals surface area contributed by atoms with E-state index in [1.54, 1.807) is 6.07 Å². The number of esters is 1. The van der Waals surface area contributed by atoms with Crippen LogP contribution in [0.5, 0.6) is 0 Å². The third kappa shape index (κ3) is 3.57. The van der Waals surface area contributed by atoms with Crippen molar-refractivity contribution in [2.45, 2.75) is 6.92 Å². The molecular formula is C9H9BrO2Zn. The van der Waals surface area contributed by atoms with E-state index in [-0.39, 0.29) is 23.0 Å². The second-order valence-corrected chi connectivity index (χ2v) is 3.98. The zero-order chi connectivity index (χ0) is 8.97. The number of rotatable bonds is 2. The van der Waals surface area contributed by atoms with Crippen molar-refractivity contribution in [1.29, 1.82) is 0 Å². The van der Waals surface area contributed by atoms with Crippen molar-refractivity contribution >= 4 is 10.1 Å². The number of ether oxygens (including phenoxy) is 1. The summed E-state index contributed by atoms with van der Waals surface area (Å²) in [4.78, 5) is 11.3. The molecule has 0 bridgehead atoms. The maximum atomic E-state index is 11.3. The predicted molar refractivity (Wildman–Crippen MR) is 42.0 cm³/mol. The average molecular weight is 294 g/mol. The van der Waals surface area contributed by atoms with Crippen LogP contribution in [-0.2, 0) is 23.0 Å². The van der Waals surface area contributed by atoms with Crippen molar-refractivity contribution in [2.75, 3.05) is 6.61 Å². The summed E-state index contributed by atoms with van der Waals surface area (Å²) < 4.78 is 5.97. The molecule has 0 aromatic heterocycles. The van der Waals surface area contributed by atoms with E-state index in [1.165, 1.54) is 0 Å². The van der Waals surface area contributed by atoms with Crippen molar-refractivity contribution < 1.29 is 44.8 Å². The van der Waals surface area contributed by atoms with Gasteiger partial charge in [0, 0.05) is 0 Å². The van der Waals surface area contributed by atoms with Gasteiger partial charge in [0.1, 0.15) is 0 Å². The van der Waals surface area contributed by atoms with E-state index in [1.807, 2.05) is 25.1 Å². The molecule has 0 atom stereocenters. The first-order valence-corrected chi connectivity index (χ1v) is 5.32. The molecular weight excluding hydrogens is 285 g/mol. The Balaban J connectivity index is 0.00000144. The second kappa shape index (κ2) is 6.28. The summed E-state index contributed by atoms with van der Waals surface area (Å²) in [5, 5.41) is 0. The number of hydrogen-bond donors (Lipinski definition) is 0. The zero-order valence-corrected chi connectivity index (χ0v) is 12.0. The summed E-state index contributed by atoms with van der Waals surface area (Å²) in [6, 6.07) is 7.54. The van der Waals surface area contributed by atoms with Crippen LogP contribution in [0.3, 0.4) is 0 Å². The zero-order valence-electron chi connectivity index (χ0n) is 7.42. The van der Waals surface area contributed by atoms with Crippen molar-refractivity contribution in [2.24, 2.45) is 0 Å². The van der Waals surface area contributed by atoms with Gasteiger partial charge in [0.2, 0.25) is 0 Å². The Labute approximate surface area is 98.1 Å². The number of halogens is 1. The van der Waals surface area contributed by atoms with Crippen LogP contribution >= 0.6 is 0 Å². The van der Waals surface area contributed by atoms with Crippen LogP contribution in [0, 0.1) is 0 Å². The topological polar surface area (TPSA) is 26.3 Å². The molecule has 0 aliphatic rings. The van der Waals surface area contributed by atoms with Gasteiger partial charge in [0.25, 0.3) is 0 Å². The fourth-order valence-corrected chi connectivity index (χ4v) is 1.76. The second-order valence-electron chi connectivity index (χ2n) is 2.38. The van der Waals surface area contributed by atoms with Crippen molar-refractivity contribution in [3.05, 3.63) is 29.8 Å². The maximum absolute atomic E-state index is 11.3. The van der Waals surface area contributed by atoms with Crippen LogP contribution in [-0.4, -0.2) is 12.6 Å². The Morgan fingerprint density at radius 2 is 2.08 bits per heavy atom. The van der Waals surface area contributed by atoms with Gasteiger partial charge in [-0.15, -0.1) is 0 Å². The molecule has 0 N–H and O–H groups in total. The molecule has 0 aliphatic carbocycles. The minimum Gasteiger partial charge on any atom is -1.00 e. The first-order valence-electron chi connectivity index (χ1n) is 3.83. The van der Waals surface area contributed by atoms with Crippen LogP contribution in [0.2, 0.25) is 0 Å². The van der Waals surface area contributed by atoms with Crippen LogP contribution in [0.1, 0.15) is 17.3 Å². The number of benzene rings is 1. The van der Waals surface area contributed by atoms with Gasteiger partial charge in [-0.2, -0.15) is 0 Å². The van der Waals surface area contributed by atoms with Crippen LogP contribution < -0.4 is 21.1 Å². The molecule has 4 heteroatoms. The standard InChI is InChI=1S/C9H9O2.BrH.Zn/c1-2-11-9(10)8-6-4-3-5-7-8;;/h3-6H,2H2,1H3;1H;/q;;+1/p-1. The largest absolute Gasteiger partial charge is 1.00 e. The minimum atomic E-state index is -0.209. The third-order valence-electron chi connectivity index (χ3n) is 1.51. The fraction of sp³-hybridized carbons (Fsp3) is 0.222. The van der Waals surface area contributed by atoms with Gasteiger partial charge in [-0.25, -0.2) is 0 Å². The van der Waals surface area contributed by atoms with Gasteiger partial charge in [0.15, 0.2) is 0 Å². The molecule has 0 aliphatic heterocycles. The van der Waals surface area contributed by atoms with Crippen molar-refractivity contribution in [1.82, 2.24) is 0 Å². The van der Waals surface area contributed by atoms with Crippen LogP contribution in [0.4, 0.5) is 0 Å². The Hall–Kier alpha value is -0.207. The van der Waals surface area contributed by atoms with Crippen molar-refractivity contribution in [3.63, 3.8) is 0 Å². The molecule has 0 saturated carbocycles. The number of hydrogen-bond acceptors (Lipinski definition) is 2. The molecule has 0 spiro atoms. The molecule has 1 aromatic carbocycles. The predicted octanol–water partition coefficient (Wildman–Crippen LogP) is -1.96. The van der Waals surface area contributed by atoms with E-state index < -0.39 is 0 Å². The molecule has 0 saturated heterocycles. The van der Waals surface area contributed by atoms with Gasteiger partial charge in [-0.1, -0.05) is 0 Å². The van der Waals surface area contributed by atoms with E-state index in [0.717, 1.165) is 22.5 Å². The quantitative estimate of drug-likeness (QED) is 0.468. The van der Waals surface area contributed by atoms with Gasteiger partial charge < -0.3 is 17.0 Å². The smallest absolute Gasteiger partial charge is 1.00 e. The monoisotopic (exact) mass is 292 g/mol. The normalized spacial score (nSPS) is 8.85. The van der Waals surface area contributed by atoms with E-state index in [4.69, 9.17) is 4.74 Å². The summed E-state index contributed by atoms with van der Waals surface area (Å²) in [6.45, 7) is 2.25. The molecule has 0 unspecified atom stereocenters. The van der Waals surface area contributed by atoms with Gasteiger partial charge in [-0.05, 0) is 0 Å². The molecule has 0 amide bonds. The SMILES string of the molecule is CCOC(=O)c1cccc[c]1[Zn+].[Br-]. The Morgan fingerprint density at radius 1 is 1.46 bits per heavy atom. The Morgan fingerprint density at radius 3 is 2.62 bits per heavy atom. The first kappa shape index (κ1) is 12.8. The van der Waals surface area contributed by atoms with Crippen LogP contribution in [0.15, 0.2) is 24.3 Å². The maximum Gasteiger partial charge on any atom is -1.00 e. The third-order valence-corrected chi connectivity index (χ3v) is 2.81. The molecule has 1 aromatic rings. The fourth-order valence-electron chi connectivity index (χ4n) is 0.928. The van der Waals surface area contributed by atoms with E-state index in [2.05, 4.69) is 0 Å². The summed E-state index contributed by atoms with van der Waals surface area (Å²) in [6.07, 6.45) is 0. The Kier molecular flexibility index (Phi) is 6.18. The molecule has 0 fully saturated rings. The molecule has 2 nitrogen and oxygen atoms in total. The number of carbonyl (C=O) groups excluding carboxylic acids is 1. The average Bonchev–Trinajstić information content (AvgIpc) is 2.05. The van der Waals surface area contributed by atoms with Gasteiger partial charge in [0.05, 0.1) is 0 Å². The number of carbonyl (C=O) groups is 1. The Bertz CT molecular complexity index is 289. The summed E-state index contributed by atoms with van der Waals surface area (Å²) in [5.41, 5.74) is 0.708. The molecule has 1 rings (SSSR count). The van der Waals surface area contributed by atoms with Gasteiger partial charge in [-0.3, -0.25) is 0 Å². The van der Waals surface area contributed by atoms with Crippen molar-refractivity contribution in [3.8, 4) is 0 Å². The van der Waals surface area contributed by atoms with Gasteiger partial charge >= 0.3 is 81.3 Å². The van der Waals surface area contributed by atoms with Crippen LogP contribution in [0.25, 0.3) is 0 Å². The summed E-state index contributed by atoms with van der Waals surface area (Å²) in [7, 11) is 0. The summed E-state index contributed by atoms with van der Waals surface area (Å²) in [5.74, 6) is -0.209. The molecule has 66 valence electrons. The minimum absolute atomic E-state index is 0. The van der Waals surface area contributed by atoms with E-state index in [9.17, 15) is 4.79 Å². The molecule has 0 heterocycles.